The van der Waals surface area contributed by atoms with Crippen molar-refractivity contribution < 1.29 is 18.0 Å². The summed E-state index contributed by atoms with van der Waals surface area (Å²) in [5, 5.41) is 0.641. The second kappa shape index (κ2) is 8.04. The number of aromatic nitrogens is 1. The van der Waals surface area contributed by atoms with Crippen LogP contribution in [0.3, 0.4) is 0 Å². The molecule has 5 heteroatoms. The molecule has 104 valence electrons. The maximum absolute atomic E-state index is 10.2. The van der Waals surface area contributed by atoms with Crippen LogP contribution < -0.4 is 4.98 Å². The molecule has 0 aliphatic rings. The highest BCUT2D eigenvalue weighted by molar-refractivity contribution is 7.88. The fourth-order valence-corrected chi connectivity index (χ4v) is 1.59. The molecule has 0 aliphatic heterocycles. The third kappa shape index (κ3) is 7.25. The molecule has 0 fully saturated rings. The van der Waals surface area contributed by atoms with Gasteiger partial charge >= 0.3 is 0 Å². The van der Waals surface area contributed by atoms with E-state index in [1.807, 2.05) is 36.7 Å². The molecule has 2 rings (SSSR count). The molecule has 0 amide bonds. The first-order valence-electron chi connectivity index (χ1n) is 5.79. The lowest BCUT2D eigenvalue weighted by atomic mass is 10.2. The first-order chi connectivity index (χ1) is 9.51. The lowest BCUT2D eigenvalue weighted by Gasteiger charge is -1.97. The van der Waals surface area contributed by atoms with Crippen molar-refractivity contribution in [1.29, 1.82) is 0 Å². The van der Waals surface area contributed by atoms with Crippen molar-refractivity contribution in [2.45, 2.75) is 0 Å². The number of hydrogen-bond acceptors (Lipinski definition) is 3. The van der Waals surface area contributed by atoms with E-state index in [9.17, 15) is 13.0 Å². The predicted octanol–water partition coefficient (Wildman–Crippen LogP) is 2.35. The fourth-order valence-electron chi connectivity index (χ4n) is 1.26. The lowest BCUT2D eigenvalue weighted by Crippen LogP contribution is -1.96. The quantitative estimate of drug-likeness (QED) is 0.814. The zero-order valence-corrected chi connectivity index (χ0v) is 11.6. The van der Waals surface area contributed by atoms with Gasteiger partial charge < -0.3 is 4.55 Å². The van der Waals surface area contributed by atoms with Gasteiger partial charge in [0.1, 0.15) is 10.1 Å². The molecule has 0 saturated carbocycles. The van der Waals surface area contributed by atoms with Gasteiger partial charge in [0.05, 0.1) is 0 Å². The van der Waals surface area contributed by atoms with Gasteiger partial charge in [-0.15, -0.1) is 0 Å². The van der Waals surface area contributed by atoms with Crippen LogP contribution in [0.4, 0.5) is 0 Å². The number of pyridine rings is 1. The van der Waals surface area contributed by atoms with E-state index < -0.39 is 10.1 Å². The topological polar surface area (TPSA) is 71.3 Å². The minimum atomic E-state index is -4.25. The van der Waals surface area contributed by atoms with E-state index in [-0.39, 0.29) is 0 Å². The van der Waals surface area contributed by atoms with Crippen LogP contribution in [0.5, 0.6) is 0 Å². The second-order valence-corrected chi connectivity index (χ2v) is 5.00. The van der Waals surface area contributed by atoms with Gasteiger partial charge in [0.25, 0.3) is 0 Å². The van der Waals surface area contributed by atoms with Crippen LogP contribution in [0.15, 0.2) is 66.8 Å². The van der Waals surface area contributed by atoms with Gasteiger partial charge in [-0.05, 0) is 17.2 Å². The van der Waals surface area contributed by atoms with E-state index in [4.69, 9.17) is 0 Å². The van der Waals surface area contributed by atoms with Crippen LogP contribution in [0.25, 0.3) is 12.2 Å². The number of aromatic amines is 1. The van der Waals surface area contributed by atoms with Gasteiger partial charge in [0, 0.05) is 17.5 Å². The summed E-state index contributed by atoms with van der Waals surface area (Å²) in [6, 6.07) is 12.7. The molecular weight excluding hydrogens is 274 g/mol. The molecule has 1 aromatic heterocycles. The normalized spacial score (nSPS) is 10.7. The monoisotopic (exact) mass is 289 g/mol. The maximum Gasteiger partial charge on any atom is 0.167 e. The molecule has 0 atom stereocenters. The average Bonchev–Trinajstić information content (AvgIpc) is 2.47. The summed E-state index contributed by atoms with van der Waals surface area (Å²) in [6.45, 7) is 3.62. The van der Waals surface area contributed by atoms with Crippen LogP contribution >= 0.6 is 0 Å². The van der Waals surface area contributed by atoms with E-state index in [1.165, 1.54) is 6.08 Å². The van der Waals surface area contributed by atoms with Crippen LogP contribution in [-0.4, -0.2) is 13.0 Å². The highest BCUT2D eigenvalue weighted by Crippen LogP contribution is 2.01. The molecule has 0 bridgehead atoms. The van der Waals surface area contributed by atoms with Gasteiger partial charge in [-0.25, -0.2) is 13.4 Å². The zero-order chi connectivity index (χ0) is 14.8. The van der Waals surface area contributed by atoms with Gasteiger partial charge in [0.2, 0.25) is 0 Å². The van der Waals surface area contributed by atoms with Gasteiger partial charge in [-0.1, -0.05) is 43.0 Å². The van der Waals surface area contributed by atoms with Crippen molar-refractivity contribution >= 4 is 22.3 Å². The number of hydrogen-bond donors (Lipinski definition) is 0. The number of nitrogens with one attached hydrogen (secondary N) is 1. The van der Waals surface area contributed by atoms with Crippen molar-refractivity contribution in [2.24, 2.45) is 0 Å². The van der Waals surface area contributed by atoms with Gasteiger partial charge in [0.15, 0.2) is 12.4 Å². The standard InChI is InChI=1S/C8H8O3S.C7H7N/c9-12(10,11)7-6-8-4-2-1-3-5-8;1-2-7-3-5-8-6-4-7/h1-7H,(H,9,10,11);2-6H,1H2. The van der Waals surface area contributed by atoms with Crippen molar-refractivity contribution in [3.63, 3.8) is 0 Å². The van der Waals surface area contributed by atoms with Crippen molar-refractivity contribution in [3.8, 4) is 0 Å². The minimum absolute atomic E-state index is 0.641. The fraction of sp³-hybridized carbons (Fsp3) is 0. The van der Waals surface area contributed by atoms with E-state index in [0.29, 0.717) is 11.0 Å². The number of H-pyrrole nitrogens is 1. The van der Waals surface area contributed by atoms with Crippen LogP contribution in [0, 0.1) is 0 Å². The SMILES string of the molecule is C=Cc1cc[nH+]cc1.O=S(=O)([O-])C=Cc1ccccc1. The summed E-state index contributed by atoms with van der Waals surface area (Å²) in [5.74, 6) is 0. The van der Waals surface area contributed by atoms with Gasteiger partial charge in [-0.2, -0.15) is 0 Å². The van der Waals surface area contributed by atoms with Crippen LogP contribution in [-0.2, 0) is 10.1 Å². The Morgan fingerprint density at radius 3 is 2.05 bits per heavy atom. The van der Waals surface area contributed by atoms with E-state index in [1.54, 1.807) is 24.3 Å². The molecule has 0 unspecified atom stereocenters. The summed E-state index contributed by atoms with van der Waals surface area (Å²) in [4.78, 5) is 2.92. The summed E-state index contributed by atoms with van der Waals surface area (Å²) < 4.78 is 30.5. The average molecular weight is 289 g/mol. The van der Waals surface area contributed by atoms with Crippen molar-refractivity contribution in [2.75, 3.05) is 0 Å². The first kappa shape index (κ1) is 15.8. The van der Waals surface area contributed by atoms with E-state index in [0.717, 1.165) is 5.56 Å². The molecular formula is C15H15NO3S. The molecule has 0 aliphatic carbocycles. The Balaban J connectivity index is 0.000000217. The zero-order valence-electron chi connectivity index (χ0n) is 10.8. The van der Waals surface area contributed by atoms with Crippen molar-refractivity contribution in [3.05, 3.63) is 78.0 Å². The minimum Gasteiger partial charge on any atom is -0.744 e. The Kier molecular flexibility index (Phi) is 6.36. The van der Waals surface area contributed by atoms with E-state index in [2.05, 4.69) is 11.6 Å². The molecule has 20 heavy (non-hydrogen) atoms. The second-order valence-electron chi connectivity index (χ2n) is 3.74. The van der Waals surface area contributed by atoms with E-state index >= 15 is 0 Å². The summed E-state index contributed by atoms with van der Waals surface area (Å²) in [5.41, 5.74) is 1.83. The molecule has 1 N–H and O–H groups in total. The maximum atomic E-state index is 10.2. The van der Waals surface area contributed by atoms with Crippen molar-refractivity contribution in [1.82, 2.24) is 0 Å². The molecule has 0 spiro atoms. The molecule has 0 saturated heterocycles. The highest BCUT2D eigenvalue weighted by atomic mass is 32.2. The Morgan fingerprint density at radius 1 is 1.00 bits per heavy atom. The molecule has 2 aromatic rings. The van der Waals surface area contributed by atoms with Gasteiger partial charge in [-0.3, -0.25) is 0 Å². The first-order valence-corrected chi connectivity index (χ1v) is 7.26. The third-order valence-electron chi connectivity index (χ3n) is 2.21. The number of rotatable bonds is 3. The molecule has 4 nitrogen and oxygen atoms in total. The number of benzene rings is 1. The predicted molar refractivity (Wildman–Crippen MR) is 78.3 cm³/mol. The Bertz CT molecular complexity index is 650. The molecule has 1 aromatic carbocycles. The largest absolute Gasteiger partial charge is 0.744 e. The lowest BCUT2D eigenvalue weighted by molar-refractivity contribution is -0.378. The molecule has 1 heterocycles. The summed E-state index contributed by atoms with van der Waals surface area (Å²) in [7, 11) is -4.25. The highest BCUT2D eigenvalue weighted by Gasteiger charge is 1.85. The van der Waals surface area contributed by atoms with Crippen LogP contribution in [0.2, 0.25) is 0 Å². The summed E-state index contributed by atoms with van der Waals surface area (Å²) in [6.07, 6.45) is 6.82. The smallest absolute Gasteiger partial charge is 0.167 e. The Hall–Kier alpha value is -2.24. The van der Waals surface area contributed by atoms with Crippen LogP contribution in [0.1, 0.15) is 11.1 Å². The Labute approximate surface area is 118 Å². The summed E-state index contributed by atoms with van der Waals surface area (Å²) >= 11 is 0. The Morgan fingerprint density at radius 2 is 1.60 bits per heavy atom. The third-order valence-corrected chi connectivity index (χ3v) is 2.68. The molecule has 0 radical (unpaired) electrons.